The number of urea groups is 1. The Morgan fingerprint density at radius 2 is 2.06 bits per heavy atom. The third-order valence-corrected chi connectivity index (χ3v) is 5.72. The number of hydrogen-bond acceptors (Lipinski definition) is 6. The summed E-state index contributed by atoms with van der Waals surface area (Å²) in [6, 6.07) is 9.76. The van der Waals surface area contributed by atoms with Crippen molar-refractivity contribution < 1.29 is 23.1 Å². The number of nitrogens with one attached hydrogen (secondary N) is 4. The molecule has 3 aromatic rings. The fourth-order valence-electron chi connectivity index (χ4n) is 3.90. The number of β-amino-alcohol motifs (C(OH)–C–C–N with tert-alkyl or cyclic N) is 1. The van der Waals surface area contributed by atoms with E-state index >= 15 is 0 Å². The molecule has 2 amide bonds. The molecule has 0 atom stereocenters. The Hall–Kier alpha value is -3.90. The highest BCUT2D eigenvalue weighted by atomic mass is 19.4. The van der Waals surface area contributed by atoms with E-state index in [9.17, 15) is 18.0 Å². The van der Waals surface area contributed by atoms with Crippen LogP contribution in [-0.4, -0.2) is 76.6 Å². The van der Waals surface area contributed by atoms with Crippen LogP contribution in [0.4, 0.5) is 23.7 Å². The lowest BCUT2D eigenvalue weighted by Gasteiger charge is -2.39. The van der Waals surface area contributed by atoms with Crippen LogP contribution in [-0.2, 0) is 0 Å². The molecule has 0 bridgehead atoms. The van der Waals surface area contributed by atoms with E-state index in [0.29, 0.717) is 29.0 Å². The van der Waals surface area contributed by atoms with E-state index < -0.39 is 18.8 Å². The molecule has 0 radical (unpaired) electrons. The highest BCUT2D eigenvalue weighted by Gasteiger charge is 2.27. The Morgan fingerprint density at radius 1 is 1.25 bits per heavy atom. The van der Waals surface area contributed by atoms with Crippen LogP contribution in [0.25, 0.3) is 22.5 Å². The number of imidazole rings is 1. The maximum Gasteiger partial charge on any atom is 0.405 e. The molecule has 1 aliphatic rings. The monoisotopic (exact) mass is 501 g/mol. The molecular weight excluding hydrogens is 475 g/mol. The molecule has 1 fully saturated rings. The van der Waals surface area contributed by atoms with E-state index in [1.165, 1.54) is 6.21 Å². The second kappa shape index (κ2) is 10.8. The molecule has 9 nitrogen and oxygen atoms in total. The van der Waals surface area contributed by atoms with Gasteiger partial charge in [0.15, 0.2) is 0 Å². The van der Waals surface area contributed by atoms with Crippen molar-refractivity contribution in [3.05, 3.63) is 60.6 Å². The number of anilines is 1. The van der Waals surface area contributed by atoms with Crippen molar-refractivity contribution in [2.24, 2.45) is 0 Å². The molecule has 1 saturated heterocycles. The number of halogens is 3. The Morgan fingerprint density at radius 3 is 2.78 bits per heavy atom. The van der Waals surface area contributed by atoms with Crippen molar-refractivity contribution in [2.45, 2.75) is 12.2 Å². The van der Waals surface area contributed by atoms with Crippen molar-refractivity contribution in [2.75, 3.05) is 38.1 Å². The van der Waals surface area contributed by atoms with Crippen molar-refractivity contribution in [3.63, 3.8) is 0 Å². The van der Waals surface area contributed by atoms with Gasteiger partial charge in [0.1, 0.15) is 12.2 Å². The molecule has 12 heteroatoms. The van der Waals surface area contributed by atoms with Crippen LogP contribution in [0.2, 0.25) is 0 Å². The Bertz CT molecular complexity index is 1270. The first-order valence-corrected chi connectivity index (χ1v) is 11.2. The number of aliphatic hydroxyl groups excluding tert-OH is 1. The van der Waals surface area contributed by atoms with Gasteiger partial charge in [-0.05, 0) is 29.8 Å². The minimum Gasteiger partial charge on any atom is -0.395 e. The number of alkyl halides is 3. The summed E-state index contributed by atoms with van der Waals surface area (Å²) >= 11 is 0. The number of pyridine rings is 1. The van der Waals surface area contributed by atoms with Crippen molar-refractivity contribution in [3.8, 4) is 11.3 Å². The number of aromatic nitrogens is 2. The summed E-state index contributed by atoms with van der Waals surface area (Å²) in [6.07, 6.45) is 2.08. The fourth-order valence-corrected chi connectivity index (χ4v) is 3.90. The van der Waals surface area contributed by atoms with E-state index in [4.69, 9.17) is 10.5 Å². The second-order valence-corrected chi connectivity index (χ2v) is 8.38. The summed E-state index contributed by atoms with van der Waals surface area (Å²) in [5.74, 6) is 0. The summed E-state index contributed by atoms with van der Waals surface area (Å²) in [5.41, 5.74) is 3.93. The number of amides is 2. The molecule has 2 aromatic heterocycles. The second-order valence-electron chi connectivity index (χ2n) is 8.38. The first-order valence-electron chi connectivity index (χ1n) is 11.2. The zero-order valence-corrected chi connectivity index (χ0v) is 19.2. The van der Waals surface area contributed by atoms with Gasteiger partial charge < -0.3 is 26.5 Å². The topological polar surface area (TPSA) is 118 Å². The zero-order chi connectivity index (χ0) is 25.7. The zero-order valence-electron chi connectivity index (χ0n) is 19.2. The summed E-state index contributed by atoms with van der Waals surface area (Å²) in [7, 11) is 0. The molecule has 1 aromatic carbocycles. The van der Waals surface area contributed by atoms with Crippen LogP contribution in [0.5, 0.6) is 0 Å². The average molecular weight is 502 g/mol. The standard InChI is InChI=1S/C24H26F3N7O2/c25-24(26,27)15-31-23(36)32-19-3-1-2-17(8-19)21-12-30-22-9-16(4-5-34(21)22)18(10-28)11-29-20-13-33(14-20)6-7-35/h1-5,8-12,20,28-29,35H,6-7,13-15H2,(H2,31,32,36)/b18-11+,28-10?. The number of rotatable bonds is 9. The van der Waals surface area contributed by atoms with Gasteiger partial charge >= 0.3 is 12.2 Å². The van der Waals surface area contributed by atoms with Crippen LogP contribution in [0.15, 0.2) is 55.0 Å². The Labute approximate surface area is 205 Å². The number of hydrogen-bond donors (Lipinski definition) is 5. The van der Waals surface area contributed by atoms with E-state index in [0.717, 1.165) is 24.3 Å². The molecular formula is C24H26F3N7O2. The van der Waals surface area contributed by atoms with Crippen molar-refractivity contribution in [1.82, 2.24) is 24.9 Å². The number of benzene rings is 1. The number of carbonyl (C=O) groups is 1. The molecule has 1 aliphatic heterocycles. The van der Waals surface area contributed by atoms with Gasteiger partial charge in [-0.3, -0.25) is 9.30 Å². The molecule has 4 rings (SSSR count). The summed E-state index contributed by atoms with van der Waals surface area (Å²) < 4.78 is 38.8. The Kier molecular flexibility index (Phi) is 7.55. The number of likely N-dealkylation sites (tertiary alicyclic amines) is 1. The lowest BCUT2D eigenvalue weighted by molar-refractivity contribution is -0.122. The van der Waals surface area contributed by atoms with E-state index in [2.05, 4.69) is 20.5 Å². The van der Waals surface area contributed by atoms with E-state index in [1.807, 2.05) is 35.0 Å². The van der Waals surface area contributed by atoms with Crippen LogP contribution < -0.4 is 16.0 Å². The largest absolute Gasteiger partial charge is 0.405 e. The Balaban J connectivity index is 1.46. The third-order valence-electron chi connectivity index (χ3n) is 5.72. The fraction of sp³-hybridized carbons (Fsp3) is 0.292. The lowest BCUT2D eigenvalue weighted by Crippen LogP contribution is -2.57. The summed E-state index contributed by atoms with van der Waals surface area (Å²) in [6.45, 7) is 1.05. The van der Waals surface area contributed by atoms with E-state index in [1.54, 1.807) is 29.7 Å². The highest BCUT2D eigenvalue weighted by Crippen LogP contribution is 2.25. The number of aliphatic hydroxyl groups is 1. The summed E-state index contributed by atoms with van der Waals surface area (Å²) in [4.78, 5) is 18.4. The predicted octanol–water partition coefficient (Wildman–Crippen LogP) is 2.94. The quantitative estimate of drug-likeness (QED) is 0.289. The van der Waals surface area contributed by atoms with Gasteiger partial charge in [-0.15, -0.1) is 0 Å². The number of allylic oxidation sites excluding steroid dienone is 1. The van der Waals surface area contributed by atoms with Crippen LogP contribution in [0.3, 0.4) is 0 Å². The molecule has 5 N–H and O–H groups in total. The van der Waals surface area contributed by atoms with Crippen molar-refractivity contribution >= 4 is 29.2 Å². The SMILES string of the molecule is N=C/C(=C\NC1CN(CCO)C1)c1ccn2c(-c3cccc(NC(=O)NCC(F)(F)F)c3)cnc2c1. The van der Waals surface area contributed by atoms with Gasteiger partial charge in [0.25, 0.3) is 0 Å². The number of nitrogens with zero attached hydrogens (tertiary/aromatic N) is 3. The van der Waals surface area contributed by atoms with Gasteiger partial charge in [0, 0.05) is 55.1 Å². The van der Waals surface area contributed by atoms with Crippen LogP contribution in [0.1, 0.15) is 5.56 Å². The molecule has 0 spiro atoms. The summed E-state index contributed by atoms with van der Waals surface area (Å²) in [5, 5.41) is 24.3. The number of carbonyl (C=O) groups excluding carboxylic acids is 1. The molecule has 190 valence electrons. The molecule has 0 saturated carbocycles. The average Bonchev–Trinajstić information content (AvgIpc) is 3.24. The van der Waals surface area contributed by atoms with Crippen LogP contribution in [0, 0.1) is 5.41 Å². The predicted molar refractivity (Wildman–Crippen MR) is 131 cm³/mol. The molecule has 36 heavy (non-hydrogen) atoms. The normalized spacial score (nSPS) is 14.9. The maximum absolute atomic E-state index is 12.3. The highest BCUT2D eigenvalue weighted by molar-refractivity contribution is 6.08. The van der Waals surface area contributed by atoms with Crippen molar-refractivity contribution in [1.29, 1.82) is 5.41 Å². The minimum atomic E-state index is -4.49. The molecule has 0 aliphatic carbocycles. The maximum atomic E-state index is 12.3. The smallest absolute Gasteiger partial charge is 0.395 e. The first kappa shape index (κ1) is 25.2. The van der Waals surface area contributed by atoms with Gasteiger partial charge in [-0.1, -0.05) is 12.1 Å². The molecule has 0 unspecified atom stereocenters. The third kappa shape index (κ3) is 6.20. The first-order chi connectivity index (χ1) is 17.3. The van der Waals surface area contributed by atoms with E-state index in [-0.39, 0.29) is 12.6 Å². The van der Waals surface area contributed by atoms with Gasteiger partial charge in [-0.2, -0.15) is 13.2 Å². The van der Waals surface area contributed by atoms with Gasteiger partial charge in [0.05, 0.1) is 24.5 Å². The lowest BCUT2D eigenvalue weighted by atomic mass is 10.1. The van der Waals surface area contributed by atoms with Crippen LogP contribution >= 0.6 is 0 Å². The van der Waals surface area contributed by atoms with Gasteiger partial charge in [0.2, 0.25) is 0 Å². The minimum absolute atomic E-state index is 0.138. The molecule has 3 heterocycles. The number of fused-ring (bicyclic) bond motifs is 1. The van der Waals surface area contributed by atoms with Gasteiger partial charge in [-0.25, -0.2) is 9.78 Å².